The molecule has 4 aromatic rings. The summed E-state index contributed by atoms with van der Waals surface area (Å²) in [4.78, 5) is 12.6. The van der Waals surface area contributed by atoms with Crippen LogP contribution in [0.1, 0.15) is 42.1 Å². The van der Waals surface area contributed by atoms with Gasteiger partial charge in [-0.3, -0.25) is 4.98 Å². The van der Waals surface area contributed by atoms with Crippen LogP contribution in [-0.2, 0) is 6.42 Å². The van der Waals surface area contributed by atoms with Gasteiger partial charge in [0.1, 0.15) is 11.6 Å². The van der Waals surface area contributed by atoms with Gasteiger partial charge in [-0.25, -0.2) is 4.98 Å². The van der Waals surface area contributed by atoms with E-state index < -0.39 is 0 Å². The molecule has 2 unspecified atom stereocenters. The van der Waals surface area contributed by atoms with Crippen molar-refractivity contribution in [2.24, 2.45) is 0 Å². The van der Waals surface area contributed by atoms with Gasteiger partial charge in [0.15, 0.2) is 0 Å². The SMILES string of the molecule is COc1ccc2c(c1)CC(c1nc3ccc(-c4ccncc4)cc3[nH]1)CC2C. The highest BCUT2D eigenvalue weighted by molar-refractivity contribution is 5.82. The Kier molecular flexibility index (Phi) is 4.12. The molecule has 0 spiro atoms. The van der Waals surface area contributed by atoms with Crippen LogP contribution in [0.15, 0.2) is 60.9 Å². The smallest absolute Gasteiger partial charge is 0.119 e. The third-order valence-corrected chi connectivity index (χ3v) is 5.89. The molecule has 5 rings (SSSR count). The number of ether oxygens (including phenoxy) is 1. The number of H-pyrrole nitrogens is 1. The molecule has 2 heterocycles. The highest BCUT2D eigenvalue weighted by Crippen LogP contribution is 2.40. The molecular weight excluding hydrogens is 346 g/mol. The van der Waals surface area contributed by atoms with Crippen molar-refractivity contribution in [2.75, 3.05) is 7.11 Å². The Morgan fingerprint density at radius 2 is 1.86 bits per heavy atom. The van der Waals surface area contributed by atoms with E-state index in [4.69, 9.17) is 9.72 Å². The van der Waals surface area contributed by atoms with Gasteiger partial charge < -0.3 is 9.72 Å². The normalized spacial score (nSPS) is 18.8. The summed E-state index contributed by atoms with van der Waals surface area (Å²) in [5.74, 6) is 2.92. The van der Waals surface area contributed by atoms with Crippen molar-refractivity contribution in [2.45, 2.75) is 31.6 Å². The lowest BCUT2D eigenvalue weighted by molar-refractivity contribution is 0.412. The van der Waals surface area contributed by atoms with Crippen molar-refractivity contribution >= 4 is 11.0 Å². The average Bonchev–Trinajstić information content (AvgIpc) is 3.17. The molecule has 0 radical (unpaired) electrons. The van der Waals surface area contributed by atoms with Crippen LogP contribution in [0, 0.1) is 0 Å². The Morgan fingerprint density at radius 3 is 2.68 bits per heavy atom. The Morgan fingerprint density at radius 1 is 1.00 bits per heavy atom. The number of methoxy groups -OCH3 is 1. The summed E-state index contributed by atoms with van der Waals surface area (Å²) in [5.41, 5.74) is 7.28. The zero-order chi connectivity index (χ0) is 19.1. The third-order valence-electron chi connectivity index (χ3n) is 5.89. The summed E-state index contributed by atoms with van der Waals surface area (Å²) >= 11 is 0. The van der Waals surface area contributed by atoms with Gasteiger partial charge in [-0.05, 0) is 77.4 Å². The molecule has 0 amide bonds. The van der Waals surface area contributed by atoms with E-state index in [-0.39, 0.29) is 0 Å². The second-order valence-electron chi connectivity index (χ2n) is 7.69. The second-order valence-corrected chi connectivity index (χ2v) is 7.69. The van der Waals surface area contributed by atoms with Crippen LogP contribution in [0.4, 0.5) is 0 Å². The fourth-order valence-electron chi connectivity index (χ4n) is 4.42. The molecule has 0 bridgehead atoms. The first-order valence-corrected chi connectivity index (χ1v) is 9.78. The second kappa shape index (κ2) is 6.79. The lowest BCUT2D eigenvalue weighted by atomic mass is 9.77. The summed E-state index contributed by atoms with van der Waals surface area (Å²) in [5, 5.41) is 0. The van der Waals surface area contributed by atoms with Crippen LogP contribution in [0.25, 0.3) is 22.2 Å². The van der Waals surface area contributed by atoms with Gasteiger partial charge in [-0.1, -0.05) is 19.1 Å². The Balaban J connectivity index is 1.49. The maximum Gasteiger partial charge on any atom is 0.119 e. The van der Waals surface area contributed by atoms with Crippen LogP contribution in [0.2, 0.25) is 0 Å². The molecule has 2 atom stereocenters. The van der Waals surface area contributed by atoms with Crippen LogP contribution < -0.4 is 4.74 Å². The molecule has 0 saturated carbocycles. The van der Waals surface area contributed by atoms with Gasteiger partial charge in [-0.2, -0.15) is 0 Å². The molecular formula is C24H23N3O. The van der Waals surface area contributed by atoms with E-state index in [2.05, 4.69) is 53.3 Å². The van der Waals surface area contributed by atoms with Crippen molar-refractivity contribution in [3.8, 4) is 16.9 Å². The first kappa shape index (κ1) is 17.0. The molecule has 4 nitrogen and oxygen atoms in total. The molecule has 1 N–H and O–H groups in total. The van der Waals surface area contributed by atoms with Crippen LogP contribution >= 0.6 is 0 Å². The number of rotatable bonds is 3. The number of nitrogens with one attached hydrogen (secondary N) is 1. The largest absolute Gasteiger partial charge is 0.497 e. The number of aromatic nitrogens is 3. The van der Waals surface area contributed by atoms with Gasteiger partial charge in [0.2, 0.25) is 0 Å². The van der Waals surface area contributed by atoms with E-state index in [9.17, 15) is 0 Å². The fraction of sp³-hybridized carbons (Fsp3) is 0.250. The minimum absolute atomic E-state index is 0.395. The highest BCUT2D eigenvalue weighted by Gasteiger charge is 2.27. The molecule has 0 fully saturated rings. The van der Waals surface area contributed by atoms with E-state index in [1.807, 2.05) is 24.5 Å². The Hall–Kier alpha value is -3.14. The maximum atomic E-state index is 5.43. The average molecular weight is 369 g/mol. The predicted molar refractivity (Wildman–Crippen MR) is 112 cm³/mol. The van der Waals surface area contributed by atoms with Gasteiger partial charge in [0, 0.05) is 18.3 Å². The van der Waals surface area contributed by atoms with Gasteiger partial charge in [0.25, 0.3) is 0 Å². The van der Waals surface area contributed by atoms with Crippen LogP contribution in [-0.4, -0.2) is 22.1 Å². The zero-order valence-electron chi connectivity index (χ0n) is 16.1. The highest BCUT2D eigenvalue weighted by atomic mass is 16.5. The van der Waals surface area contributed by atoms with E-state index in [0.29, 0.717) is 11.8 Å². The lowest BCUT2D eigenvalue weighted by Crippen LogP contribution is -2.17. The number of aromatic amines is 1. The number of hydrogen-bond acceptors (Lipinski definition) is 3. The van der Waals surface area contributed by atoms with Gasteiger partial charge in [-0.15, -0.1) is 0 Å². The summed E-state index contributed by atoms with van der Waals surface area (Å²) in [6.45, 7) is 2.31. The molecule has 28 heavy (non-hydrogen) atoms. The number of hydrogen-bond donors (Lipinski definition) is 1. The van der Waals surface area contributed by atoms with Crippen molar-refractivity contribution in [1.29, 1.82) is 0 Å². The molecule has 0 aliphatic heterocycles. The molecule has 1 aliphatic carbocycles. The Bertz CT molecular complexity index is 1130. The van der Waals surface area contributed by atoms with E-state index in [1.54, 1.807) is 7.11 Å². The fourth-order valence-corrected chi connectivity index (χ4v) is 4.42. The summed E-state index contributed by atoms with van der Waals surface area (Å²) in [6.07, 6.45) is 5.75. The van der Waals surface area contributed by atoms with Gasteiger partial charge in [0.05, 0.1) is 18.1 Å². The predicted octanol–water partition coefficient (Wildman–Crippen LogP) is 5.47. The van der Waals surface area contributed by atoms with Crippen molar-refractivity contribution < 1.29 is 4.74 Å². The molecule has 2 aromatic carbocycles. The zero-order valence-corrected chi connectivity index (χ0v) is 16.1. The monoisotopic (exact) mass is 369 g/mol. The minimum Gasteiger partial charge on any atom is -0.497 e. The molecule has 2 aromatic heterocycles. The van der Waals surface area contributed by atoms with E-state index >= 15 is 0 Å². The van der Waals surface area contributed by atoms with Gasteiger partial charge >= 0.3 is 0 Å². The number of imidazole rings is 1. The van der Waals surface area contributed by atoms with Crippen LogP contribution in [0.3, 0.4) is 0 Å². The maximum absolute atomic E-state index is 5.43. The lowest BCUT2D eigenvalue weighted by Gasteiger charge is -2.28. The van der Waals surface area contributed by atoms with Crippen molar-refractivity contribution in [3.63, 3.8) is 0 Å². The Labute approximate surface area is 164 Å². The standard InChI is InChI=1S/C24H23N3O/c1-15-11-19(12-18-13-20(28-2)4-5-21(15)18)24-26-22-6-3-17(14-23(22)27-24)16-7-9-25-10-8-16/h3-10,13-15,19H,11-12H2,1-2H3,(H,26,27). The summed E-state index contributed by atoms with van der Waals surface area (Å²) in [6, 6.07) is 17.0. The first-order chi connectivity index (χ1) is 13.7. The molecule has 140 valence electrons. The third kappa shape index (κ3) is 2.95. The number of benzene rings is 2. The van der Waals surface area contributed by atoms with E-state index in [0.717, 1.165) is 35.4 Å². The quantitative estimate of drug-likeness (QED) is 0.521. The van der Waals surface area contributed by atoms with Crippen LogP contribution in [0.5, 0.6) is 5.75 Å². The summed E-state index contributed by atoms with van der Waals surface area (Å²) in [7, 11) is 1.73. The molecule has 0 saturated heterocycles. The topological polar surface area (TPSA) is 50.8 Å². The summed E-state index contributed by atoms with van der Waals surface area (Å²) < 4.78 is 5.43. The minimum atomic E-state index is 0.395. The molecule has 4 heteroatoms. The number of nitrogens with zero attached hydrogens (tertiary/aromatic N) is 2. The first-order valence-electron chi connectivity index (χ1n) is 9.78. The number of fused-ring (bicyclic) bond motifs is 2. The van der Waals surface area contributed by atoms with E-state index in [1.165, 1.54) is 22.3 Å². The molecule has 1 aliphatic rings. The van der Waals surface area contributed by atoms with Crippen molar-refractivity contribution in [3.05, 3.63) is 77.9 Å². The number of pyridine rings is 1. The van der Waals surface area contributed by atoms with Crippen molar-refractivity contribution in [1.82, 2.24) is 15.0 Å².